The zero-order valence-electron chi connectivity index (χ0n) is 9.43. The van der Waals surface area contributed by atoms with E-state index in [0.717, 1.165) is 9.37 Å². The highest BCUT2D eigenvalue weighted by molar-refractivity contribution is 9.10. The third-order valence-corrected chi connectivity index (χ3v) is 3.61. The first-order valence-electron chi connectivity index (χ1n) is 5.38. The lowest BCUT2D eigenvalue weighted by molar-refractivity contribution is 0.0926. The van der Waals surface area contributed by atoms with Crippen molar-refractivity contribution in [2.24, 2.45) is 0 Å². The lowest BCUT2D eigenvalue weighted by Gasteiger charge is -2.14. The number of nitrogens with zero attached hydrogens (tertiary/aromatic N) is 2. The van der Waals surface area contributed by atoms with Gasteiger partial charge in [0.15, 0.2) is 5.15 Å². The number of benzene rings is 1. The number of rotatable bonds is 1. The molecule has 1 aliphatic heterocycles. The molecule has 2 heterocycles. The lowest BCUT2D eigenvalue weighted by atomic mass is 10.1. The molecule has 0 aliphatic carbocycles. The van der Waals surface area contributed by atoms with Gasteiger partial charge in [0.05, 0.1) is 16.8 Å². The van der Waals surface area contributed by atoms with E-state index in [1.54, 1.807) is 30.3 Å². The summed E-state index contributed by atoms with van der Waals surface area (Å²) in [7, 11) is 0. The maximum absolute atomic E-state index is 12.3. The lowest BCUT2D eigenvalue weighted by Crippen LogP contribution is -2.29. The summed E-state index contributed by atoms with van der Waals surface area (Å²) in [6, 6.07) is 8.18. The zero-order chi connectivity index (χ0) is 13.6. The second-order valence-corrected chi connectivity index (χ2v) is 5.22. The summed E-state index contributed by atoms with van der Waals surface area (Å²) in [5, 5.41) is 0.121. The van der Waals surface area contributed by atoms with Crippen molar-refractivity contribution >= 4 is 45.0 Å². The number of hydrogen-bond acceptors (Lipinski definition) is 3. The summed E-state index contributed by atoms with van der Waals surface area (Å²) in [6.07, 6.45) is 1.50. The van der Waals surface area contributed by atoms with Crippen LogP contribution in [0.3, 0.4) is 0 Å². The molecule has 2 amide bonds. The summed E-state index contributed by atoms with van der Waals surface area (Å²) in [5.41, 5.74) is 1.03. The van der Waals surface area contributed by atoms with Crippen LogP contribution in [0.25, 0.3) is 0 Å². The largest absolute Gasteiger partial charge is 0.268 e. The molecule has 4 nitrogen and oxygen atoms in total. The maximum Gasteiger partial charge on any atom is 0.266 e. The van der Waals surface area contributed by atoms with E-state index in [-0.39, 0.29) is 11.1 Å². The Morgan fingerprint density at radius 3 is 2.58 bits per heavy atom. The molecule has 0 saturated heterocycles. The van der Waals surface area contributed by atoms with Crippen LogP contribution in [0.15, 0.2) is 41.0 Å². The Balaban J connectivity index is 2.16. The number of halogens is 2. The fourth-order valence-electron chi connectivity index (χ4n) is 1.98. The van der Waals surface area contributed by atoms with Gasteiger partial charge in [-0.25, -0.2) is 9.88 Å². The Hall–Kier alpha value is -1.72. The van der Waals surface area contributed by atoms with Crippen LogP contribution < -0.4 is 4.90 Å². The predicted octanol–water partition coefficient (Wildman–Crippen LogP) is 3.30. The number of carbonyl (C=O) groups excluding carboxylic acids is 2. The predicted molar refractivity (Wildman–Crippen MR) is 74.5 cm³/mol. The van der Waals surface area contributed by atoms with Crippen molar-refractivity contribution in [1.29, 1.82) is 0 Å². The number of imide groups is 1. The molecule has 0 bridgehead atoms. The minimum atomic E-state index is -0.392. The van der Waals surface area contributed by atoms with Gasteiger partial charge < -0.3 is 0 Å². The Kier molecular flexibility index (Phi) is 2.88. The van der Waals surface area contributed by atoms with Gasteiger partial charge in [0.25, 0.3) is 11.8 Å². The summed E-state index contributed by atoms with van der Waals surface area (Å²) in [6.45, 7) is 0. The van der Waals surface area contributed by atoms with Gasteiger partial charge in [-0.2, -0.15) is 0 Å². The molecule has 0 saturated carbocycles. The van der Waals surface area contributed by atoms with Crippen LogP contribution in [0, 0.1) is 0 Å². The van der Waals surface area contributed by atoms with E-state index in [1.807, 2.05) is 0 Å². The van der Waals surface area contributed by atoms with Gasteiger partial charge in [0, 0.05) is 10.7 Å². The molecule has 1 aliphatic rings. The van der Waals surface area contributed by atoms with E-state index < -0.39 is 5.91 Å². The van der Waals surface area contributed by atoms with Crippen LogP contribution in [0.5, 0.6) is 0 Å². The molecule has 0 N–H and O–H groups in total. The highest BCUT2D eigenvalue weighted by atomic mass is 79.9. The first kappa shape index (κ1) is 12.3. The molecule has 94 valence electrons. The van der Waals surface area contributed by atoms with Crippen molar-refractivity contribution in [3.63, 3.8) is 0 Å². The van der Waals surface area contributed by atoms with Crippen LogP contribution in [-0.4, -0.2) is 16.8 Å². The minimum Gasteiger partial charge on any atom is -0.268 e. The average molecular weight is 338 g/mol. The van der Waals surface area contributed by atoms with E-state index in [0.29, 0.717) is 16.8 Å². The molecular weight excluding hydrogens is 332 g/mol. The fraction of sp³-hybridized carbons (Fsp3) is 0. The first-order chi connectivity index (χ1) is 9.09. The van der Waals surface area contributed by atoms with E-state index in [9.17, 15) is 9.59 Å². The van der Waals surface area contributed by atoms with Gasteiger partial charge in [-0.15, -0.1) is 0 Å². The summed E-state index contributed by atoms with van der Waals surface area (Å²) >= 11 is 9.23. The Morgan fingerprint density at radius 1 is 1.11 bits per heavy atom. The molecule has 3 rings (SSSR count). The standard InChI is InChI=1S/C13H6BrClN2O2/c14-7-3-4-8-9(6-7)13(19)17(12(8)18)10-2-1-5-16-11(10)15/h1-6H. The van der Waals surface area contributed by atoms with Gasteiger partial charge in [-0.1, -0.05) is 27.5 Å². The molecule has 2 aromatic rings. The second kappa shape index (κ2) is 4.43. The smallest absolute Gasteiger partial charge is 0.266 e. The van der Waals surface area contributed by atoms with Crippen LogP contribution in [0.1, 0.15) is 20.7 Å². The van der Waals surface area contributed by atoms with E-state index in [4.69, 9.17) is 11.6 Å². The van der Waals surface area contributed by atoms with Gasteiger partial charge in [0.1, 0.15) is 0 Å². The van der Waals surface area contributed by atoms with Gasteiger partial charge >= 0.3 is 0 Å². The van der Waals surface area contributed by atoms with Crippen molar-refractivity contribution in [2.45, 2.75) is 0 Å². The number of carbonyl (C=O) groups is 2. The quantitative estimate of drug-likeness (QED) is 0.592. The molecule has 0 radical (unpaired) electrons. The van der Waals surface area contributed by atoms with Gasteiger partial charge in [0.2, 0.25) is 0 Å². The number of amides is 2. The van der Waals surface area contributed by atoms with Crippen LogP contribution in [-0.2, 0) is 0 Å². The zero-order valence-corrected chi connectivity index (χ0v) is 11.8. The van der Waals surface area contributed by atoms with E-state index >= 15 is 0 Å². The maximum atomic E-state index is 12.3. The van der Waals surface area contributed by atoms with Gasteiger partial charge in [-0.3, -0.25) is 9.59 Å². The topological polar surface area (TPSA) is 50.3 Å². The second-order valence-electron chi connectivity index (χ2n) is 3.95. The number of anilines is 1. The van der Waals surface area contributed by atoms with Crippen LogP contribution in [0.4, 0.5) is 5.69 Å². The number of aromatic nitrogens is 1. The SMILES string of the molecule is O=C1c2ccc(Br)cc2C(=O)N1c1cccnc1Cl. The third-order valence-electron chi connectivity index (χ3n) is 2.83. The molecule has 19 heavy (non-hydrogen) atoms. The number of pyridine rings is 1. The molecule has 0 atom stereocenters. The summed E-state index contributed by atoms with van der Waals surface area (Å²) in [4.78, 5) is 29.5. The minimum absolute atomic E-state index is 0.121. The third kappa shape index (κ3) is 1.86. The van der Waals surface area contributed by atoms with E-state index in [2.05, 4.69) is 20.9 Å². The van der Waals surface area contributed by atoms with Crippen molar-refractivity contribution in [2.75, 3.05) is 4.90 Å². The molecule has 1 aromatic heterocycles. The fourth-order valence-corrected chi connectivity index (χ4v) is 2.54. The van der Waals surface area contributed by atoms with Crippen molar-refractivity contribution < 1.29 is 9.59 Å². The summed E-state index contributed by atoms with van der Waals surface area (Å²) < 4.78 is 0.742. The molecule has 0 unspecified atom stereocenters. The summed E-state index contributed by atoms with van der Waals surface area (Å²) in [5.74, 6) is -0.779. The van der Waals surface area contributed by atoms with Crippen molar-refractivity contribution in [3.8, 4) is 0 Å². The molecule has 6 heteroatoms. The molecule has 1 aromatic carbocycles. The molecular formula is C13H6BrClN2O2. The highest BCUT2D eigenvalue weighted by Gasteiger charge is 2.37. The number of hydrogen-bond donors (Lipinski definition) is 0. The Morgan fingerprint density at radius 2 is 1.84 bits per heavy atom. The first-order valence-corrected chi connectivity index (χ1v) is 6.55. The number of fused-ring (bicyclic) bond motifs is 1. The molecule has 0 spiro atoms. The van der Waals surface area contributed by atoms with Crippen LogP contribution >= 0.6 is 27.5 Å². The monoisotopic (exact) mass is 336 g/mol. The molecule has 0 fully saturated rings. The normalized spacial score (nSPS) is 13.9. The van der Waals surface area contributed by atoms with Gasteiger partial charge in [-0.05, 0) is 30.3 Å². The average Bonchev–Trinajstić information content (AvgIpc) is 2.63. The van der Waals surface area contributed by atoms with Crippen LogP contribution in [0.2, 0.25) is 5.15 Å². The highest BCUT2D eigenvalue weighted by Crippen LogP contribution is 2.32. The van der Waals surface area contributed by atoms with E-state index in [1.165, 1.54) is 6.20 Å². The van der Waals surface area contributed by atoms with Crippen molar-refractivity contribution in [1.82, 2.24) is 4.98 Å². The Labute approximate surface area is 122 Å². The van der Waals surface area contributed by atoms with Crippen molar-refractivity contribution in [3.05, 3.63) is 57.3 Å². The Bertz CT molecular complexity index is 718.